The van der Waals surface area contributed by atoms with Gasteiger partial charge in [-0.05, 0) is 6.07 Å². The molecular formula is C12H10N4O2. The van der Waals surface area contributed by atoms with Crippen LogP contribution in [0.25, 0.3) is 10.9 Å². The highest BCUT2D eigenvalue weighted by atomic mass is 16.5. The summed E-state index contributed by atoms with van der Waals surface area (Å²) in [5.74, 6) is 0.354. The summed E-state index contributed by atoms with van der Waals surface area (Å²) in [5.41, 5.74) is 1.22. The van der Waals surface area contributed by atoms with E-state index in [9.17, 15) is 4.79 Å². The van der Waals surface area contributed by atoms with E-state index >= 15 is 0 Å². The van der Waals surface area contributed by atoms with E-state index in [2.05, 4.69) is 20.7 Å². The van der Waals surface area contributed by atoms with Gasteiger partial charge in [0.15, 0.2) is 11.5 Å². The fourth-order valence-corrected chi connectivity index (χ4v) is 1.72. The summed E-state index contributed by atoms with van der Waals surface area (Å²) in [5, 5.41) is 13.9. The van der Waals surface area contributed by atoms with Crippen molar-refractivity contribution in [2.45, 2.75) is 6.54 Å². The van der Waals surface area contributed by atoms with Gasteiger partial charge in [-0.3, -0.25) is 9.89 Å². The Labute approximate surface area is 102 Å². The molecule has 0 aliphatic carbocycles. The number of amides is 1. The van der Waals surface area contributed by atoms with Gasteiger partial charge < -0.3 is 9.84 Å². The first kappa shape index (κ1) is 10.5. The molecule has 1 aromatic carbocycles. The summed E-state index contributed by atoms with van der Waals surface area (Å²) >= 11 is 0. The lowest BCUT2D eigenvalue weighted by Crippen LogP contribution is -2.23. The molecule has 2 heterocycles. The first-order valence-electron chi connectivity index (χ1n) is 5.45. The zero-order valence-corrected chi connectivity index (χ0v) is 9.38. The van der Waals surface area contributed by atoms with Crippen molar-refractivity contribution in [1.29, 1.82) is 0 Å². The second-order valence-corrected chi connectivity index (χ2v) is 3.78. The monoisotopic (exact) mass is 242 g/mol. The molecule has 0 unspecified atom stereocenters. The number of carbonyl (C=O) groups excluding carboxylic acids is 1. The van der Waals surface area contributed by atoms with E-state index in [0.717, 1.165) is 10.9 Å². The van der Waals surface area contributed by atoms with E-state index in [1.165, 1.54) is 6.20 Å². The van der Waals surface area contributed by atoms with E-state index in [1.807, 2.05) is 24.3 Å². The van der Waals surface area contributed by atoms with Crippen LogP contribution in [0.5, 0.6) is 0 Å². The minimum atomic E-state index is -0.246. The number of nitrogens with zero attached hydrogens (tertiary/aromatic N) is 2. The average molecular weight is 242 g/mol. The number of H-pyrrole nitrogens is 1. The Kier molecular flexibility index (Phi) is 2.53. The van der Waals surface area contributed by atoms with E-state index in [0.29, 0.717) is 18.0 Å². The van der Waals surface area contributed by atoms with Gasteiger partial charge in [-0.1, -0.05) is 23.4 Å². The molecule has 3 rings (SSSR count). The number of hydrogen-bond acceptors (Lipinski definition) is 4. The van der Waals surface area contributed by atoms with Crippen LogP contribution in [0.4, 0.5) is 0 Å². The molecule has 6 heteroatoms. The fraction of sp³-hybridized carbons (Fsp3) is 0.0833. The van der Waals surface area contributed by atoms with Gasteiger partial charge in [0.2, 0.25) is 0 Å². The van der Waals surface area contributed by atoms with Crippen molar-refractivity contribution in [3.8, 4) is 0 Å². The van der Waals surface area contributed by atoms with Crippen LogP contribution in [0.15, 0.2) is 41.1 Å². The molecule has 18 heavy (non-hydrogen) atoms. The van der Waals surface area contributed by atoms with Crippen molar-refractivity contribution < 1.29 is 9.32 Å². The summed E-state index contributed by atoms with van der Waals surface area (Å²) in [6.07, 6.45) is 1.53. The molecule has 90 valence electrons. The average Bonchev–Trinajstić information content (AvgIpc) is 3.05. The third-order valence-corrected chi connectivity index (χ3v) is 2.60. The van der Waals surface area contributed by atoms with Crippen LogP contribution in [-0.4, -0.2) is 21.3 Å². The summed E-state index contributed by atoms with van der Waals surface area (Å²) in [6.45, 7) is 0.292. The summed E-state index contributed by atoms with van der Waals surface area (Å²) in [4.78, 5) is 12.0. The van der Waals surface area contributed by atoms with Crippen LogP contribution in [0, 0.1) is 0 Å². The number of fused-ring (bicyclic) bond motifs is 1. The molecule has 0 aliphatic rings. The molecule has 6 nitrogen and oxygen atoms in total. The molecule has 0 bridgehead atoms. The first-order valence-corrected chi connectivity index (χ1v) is 5.45. The quantitative estimate of drug-likeness (QED) is 0.728. The van der Waals surface area contributed by atoms with Gasteiger partial charge >= 0.3 is 0 Å². The number of aromatic amines is 1. The summed E-state index contributed by atoms with van der Waals surface area (Å²) in [6, 6.07) is 9.17. The molecule has 1 amide bonds. The number of hydrogen-bond donors (Lipinski definition) is 2. The molecule has 0 aliphatic heterocycles. The maximum atomic E-state index is 12.0. The molecule has 0 fully saturated rings. The minimum Gasteiger partial charge on any atom is -0.360 e. The highest BCUT2D eigenvalue weighted by Crippen LogP contribution is 2.14. The van der Waals surface area contributed by atoms with Crippen molar-refractivity contribution in [3.05, 3.63) is 48.0 Å². The van der Waals surface area contributed by atoms with Crippen LogP contribution < -0.4 is 5.32 Å². The molecule has 0 radical (unpaired) electrons. The number of benzene rings is 1. The maximum Gasteiger partial charge on any atom is 0.272 e. The molecule has 0 saturated heterocycles. The second-order valence-electron chi connectivity index (χ2n) is 3.78. The molecule has 0 spiro atoms. The summed E-state index contributed by atoms with van der Waals surface area (Å²) < 4.78 is 4.90. The number of para-hydroxylation sites is 1. The lowest BCUT2D eigenvalue weighted by molar-refractivity contribution is 0.0943. The van der Waals surface area contributed by atoms with Crippen LogP contribution in [-0.2, 0) is 6.54 Å². The SMILES string of the molecule is O=C(NCc1ccno1)c1n[nH]c2ccccc12. The van der Waals surface area contributed by atoms with E-state index in [1.54, 1.807) is 6.07 Å². The van der Waals surface area contributed by atoms with Gasteiger partial charge in [0.05, 0.1) is 18.3 Å². The number of rotatable bonds is 3. The van der Waals surface area contributed by atoms with Crippen molar-refractivity contribution in [2.75, 3.05) is 0 Å². The third-order valence-electron chi connectivity index (χ3n) is 2.60. The molecular weight excluding hydrogens is 232 g/mol. The van der Waals surface area contributed by atoms with Crippen molar-refractivity contribution in [3.63, 3.8) is 0 Å². The normalized spacial score (nSPS) is 10.7. The lowest BCUT2D eigenvalue weighted by Gasteiger charge is -1.99. The maximum absolute atomic E-state index is 12.0. The zero-order valence-electron chi connectivity index (χ0n) is 9.38. The number of nitrogens with one attached hydrogen (secondary N) is 2. The highest BCUT2D eigenvalue weighted by Gasteiger charge is 2.13. The van der Waals surface area contributed by atoms with E-state index < -0.39 is 0 Å². The smallest absolute Gasteiger partial charge is 0.272 e. The summed E-state index contributed by atoms with van der Waals surface area (Å²) in [7, 11) is 0. The Morgan fingerprint density at radius 1 is 1.33 bits per heavy atom. The Balaban J connectivity index is 1.80. The fourth-order valence-electron chi connectivity index (χ4n) is 1.72. The Morgan fingerprint density at radius 2 is 2.22 bits per heavy atom. The standard InChI is InChI=1S/C12H10N4O2/c17-12(13-7-8-5-6-14-18-8)11-9-3-1-2-4-10(9)15-16-11/h1-6H,7H2,(H,13,17)(H,15,16). The Hall–Kier alpha value is -2.63. The largest absolute Gasteiger partial charge is 0.360 e. The van der Waals surface area contributed by atoms with Gasteiger partial charge in [0.1, 0.15) is 0 Å². The van der Waals surface area contributed by atoms with Crippen molar-refractivity contribution in [2.24, 2.45) is 0 Å². The predicted molar refractivity (Wildman–Crippen MR) is 63.8 cm³/mol. The van der Waals surface area contributed by atoms with Gasteiger partial charge in [-0.2, -0.15) is 5.10 Å². The van der Waals surface area contributed by atoms with Crippen molar-refractivity contribution in [1.82, 2.24) is 20.7 Å². The number of carbonyl (C=O) groups is 1. The Morgan fingerprint density at radius 3 is 3.06 bits per heavy atom. The molecule has 3 aromatic rings. The van der Waals surface area contributed by atoms with Gasteiger partial charge in [-0.25, -0.2) is 0 Å². The third kappa shape index (κ3) is 1.84. The van der Waals surface area contributed by atoms with Crippen molar-refractivity contribution >= 4 is 16.8 Å². The van der Waals surface area contributed by atoms with Gasteiger partial charge in [0.25, 0.3) is 5.91 Å². The van der Waals surface area contributed by atoms with Gasteiger partial charge in [0, 0.05) is 11.5 Å². The second kappa shape index (κ2) is 4.33. The molecule has 2 aromatic heterocycles. The lowest BCUT2D eigenvalue weighted by atomic mass is 10.2. The first-order chi connectivity index (χ1) is 8.84. The van der Waals surface area contributed by atoms with Gasteiger partial charge in [-0.15, -0.1) is 0 Å². The van der Waals surface area contributed by atoms with E-state index in [-0.39, 0.29) is 5.91 Å². The minimum absolute atomic E-state index is 0.246. The number of aromatic nitrogens is 3. The van der Waals surface area contributed by atoms with E-state index in [4.69, 9.17) is 4.52 Å². The predicted octanol–water partition coefficient (Wildman–Crippen LogP) is 1.48. The molecule has 0 saturated carbocycles. The Bertz CT molecular complexity index is 672. The molecule has 2 N–H and O–H groups in total. The zero-order chi connectivity index (χ0) is 12.4. The highest BCUT2D eigenvalue weighted by molar-refractivity contribution is 6.04. The van der Waals surface area contributed by atoms with Crippen LogP contribution in [0.3, 0.4) is 0 Å². The van der Waals surface area contributed by atoms with Crippen LogP contribution in [0.1, 0.15) is 16.2 Å². The topological polar surface area (TPSA) is 83.8 Å². The van der Waals surface area contributed by atoms with Crippen LogP contribution in [0.2, 0.25) is 0 Å². The van der Waals surface area contributed by atoms with Crippen LogP contribution >= 0.6 is 0 Å². The molecule has 0 atom stereocenters.